The van der Waals surface area contributed by atoms with E-state index in [1.165, 1.54) is 29.8 Å². The molecule has 0 radical (unpaired) electrons. The van der Waals surface area contributed by atoms with Crippen LogP contribution < -0.4 is 4.72 Å². The van der Waals surface area contributed by atoms with Gasteiger partial charge in [0.15, 0.2) is 0 Å². The van der Waals surface area contributed by atoms with Crippen LogP contribution in [0.1, 0.15) is 29.8 Å². The highest BCUT2D eigenvalue weighted by Crippen LogP contribution is 2.24. The molecule has 2 rings (SSSR count). The number of benzene rings is 1. The number of carboxylic acid groups (broad SMARTS) is 1. The number of hydrogen-bond donors (Lipinski definition) is 2. The topological polar surface area (TPSA) is 96.4 Å². The van der Waals surface area contributed by atoms with Gasteiger partial charge in [-0.2, -0.15) is 4.37 Å². The smallest absolute Gasteiger partial charge is 0.335 e. The summed E-state index contributed by atoms with van der Waals surface area (Å²) in [5, 5.41) is 10.5. The van der Waals surface area contributed by atoms with Crippen molar-refractivity contribution in [3.8, 4) is 0 Å². The fourth-order valence-corrected chi connectivity index (χ4v) is 3.87. The van der Waals surface area contributed by atoms with Crippen LogP contribution in [0.2, 0.25) is 0 Å². The molecule has 1 aromatic heterocycles. The first-order valence-electron chi connectivity index (χ1n) is 6.58. The lowest BCUT2D eigenvalue weighted by atomic mass is 9.99. The van der Waals surface area contributed by atoms with Crippen molar-refractivity contribution in [2.75, 3.05) is 4.72 Å². The molecule has 2 N–H and O–H groups in total. The van der Waals surface area contributed by atoms with Gasteiger partial charge in [-0.1, -0.05) is 13.8 Å². The maximum absolute atomic E-state index is 12.3. The molecule has 0 saturated heterocycles. The molecule has 8 heteroatoms. The number of nitrogens with zero attached hydrogens (tertiary/aromatic N) is 1. The van der Waals surface area contributed by atoms with Gasteiger partial charge in [0.1, 0.15) is 4.90 Å². The first kappa shape index (κ1) is 16.4. The standard InChI is InChI=1S/C14H16N2O4S2/c1-9(2)5-11-6-10(14(17)18)3-4-13(11)16-22(19,20)12-7-15-21-8-12/h3-4,6-9,16H,5H2,1-2H3,(H,17,18). The van der Waals surface area contributed by atoms with E-state index in [0.717, 1.165) is 11.5 Å². The fraction of sp³-hybridized carbons (Fsp3) is 0.286. The second-order valence-electron chi connectivity index (χ2n) is 5.24. The van der Waals surface area contributed by atoms with E-state index >= 15 is 0 Å². The number of carboxylic acids is 1. The Morgan fingerprint density at radius 2 is 2.14 bits per heavy atom. The monoisotopic (exact) mass is 340 g/mol. The predicted octanol–water partition coefficient (Wildman–Crippen LogP) is 2.84. The summed E-state index contributed by atoms with van der Waals surface area (Å²) in [6.45, 7) is 3.96. The zero-order valence-electron chi connectivity index (χ0n) is 12.1. The predicted molar refractivity (Wildman–Crippen MR) is 84.9 cm³/mol. The molecule has 0 amide bonds. The van der Waals surface area contributed by atoms with E-state index in [1.807, 2.05) is 13.8 Å². The van der Waals surface area contributed by atoms with Gasteiger partial charge >= 0.3 is 5.97 Å². The molecule has 0 atom stereocenters. The Balaban J connectivity index is 2.39. The molecule has 0 fully saturated rings. The third-order valence-electron chi connectivity index (χ3n) is 2.94. The van der Waals surface area contributed by atoms with Gasteiger partial charge in [-0.05, 0) is 47.6 Å². The molecule has 0 bridgehead atoms. The first-order chi connectivity index (χ1) is 10.3. The molecule has 0 aliphatic carbocycles. The number of hydrogen-bond acceptors (Lipinski definition) is 5. The number of aromatic carboxylic acids is 1. The van der Waals surface area contributed by atoms with Crippen molar-refractivity contribution >= 4 is 33.2 Å². The van der Waals surface area contributed by atoms with Crippen LogP contribution in [-0.4, -0.2) is 23.9 Å². The van der Waals surface area contributed by atoms with E-state index in [1.54, 1.807) is 0 Å². The Morgan fingerprint density at radius 1 is 1.41 bits per heavy atom. The SMILES string of the molecule is CC(C)Cc1cc(C(=O)O)ccc1NS(=O)(=O)c1cnsc1. The number of sulfonamides is 1. The lowest BCUT2D eigenvalue weighted by molar-refractivity contribution is 0.0696. The van der Waals surface area contributed by atoms with Gasteiger partial charge in [0, 0.05) is 5.38 Å². The molecule has 0 aliphatic rings. The van der Waals surface area contributed by atoms with Crippen molar-refractivity contribution in [3.63, 3.8) is 0 Å². The molecule has 118 valence electrons. The van der Waals surface area contributed by atoms with E-state index in [9.17, 15) is 13.2 Å². The summed E-state index contributed by atoms with van der Waals surface area (Å²) in [4.78, 5) is 11.2. The van der Waals surface area contributed by atoms with Crippen molar-refractivity contribution in [2.45, 2.75) is 25.2 Å². The minimum Gasteiger partial charge on any atom is -0.478 e. The second-order valence-corrected chi connectivity index (χ2v) is 7.58. The highest BCUT2D eigenvalue weighted by Gasteiger charge is 2.18. The average molecular weight is 340 g/mol. The highest BCUT2D eigenvalue weighted by molar-refractivity contribution is 7.92. The molecule has 0 saturated carbocycles. The van der Waals surface area contributed by atoms with Crippen LogP contribution in [0.4, 0.5) is 5.69 Å². The van der Waals surface area contributed by atoms with Crippen LogP contribution in [0.25, 0.3) is 0 Å². The summed E-state index contributed by atoms with van der Waals surface area (Å²) in [6, 6.07) is 4.38. The number of aromatic nitrogens is 1. The third-order valence-corrected chi connectivity index (χ3v) is 5.01. The second kappa shape index (κ2) is 6.45. The number of anilines is 1. The summed E-state index contributed by atoms with van der Waals surface area (Å²) in [6.07, 6.45) is 1.85. The Kier molecular flexibility index (Phi) is 4.82. The summed E-state index contributed by atoms with van der Waals surface area (Å²) >= 11 is 1.05. The molecule has 0 spiro atoms. The summed E-state index contributed by atoms with van der Waals surface area (Å²) in [5.74, 6) is -0.781. The molecule has 1 aromatic carbocycles. The first-order valence-corrected chi connectivity index (χ1v) is 8.90. The largest absolute Gasteiger partial charge is 0.478 e. The number of nitrogens with one attached hydrogen (secondary N) is 1. The number of rotatable bonds is 6. The Hall–Kier alpha value is -1.93. The minimum absolute atomic E-state index is 0.0929. The molecular weight excluding hydrogens is 324 g/mol. The van der Waals surface area contributed by atoms with Gasteiger partial charge in [-0.15, -0.1) is 0 Å². The fourth-order valence-electron chi connectivity index (χ4n) is 1.97. The van der Waals surface area contributed by atoms with Crippen molar-refractivity contribution < 1.29 is 18.3 Å². The van der Waals surface area contributed by atoms with E-state index < -0.39 is 16.0 Å². The van der Waals surface area contributed by atoms with Crippen LogP contribution in [0.3, 0.4) is 0 Å². The van der Waals surface area contributed by atoms with Gasteiger partial charge in [0.05, 0.1) is 17.4 Å². The van der Waals surface area contributed by atoms with Crippen LogP contribution in [-0.2, 0) is 16.4 Å². The maximum atomic E-state index is 12.3. The van der Waals surface area contributed by atoms with Crippen LogP contribution in [0.5, 0.6) is 0 Å². The Bertz CT molecular complexity index is 768. The zero-order valence-corrected chi connectivity index (χ0v) is 13.7. The molecule has 0 unspecified atom stereocenters. The molecular formula is C14H16N2O4S2. The lowest BCUT2D eigenvalue weighted by Gasteiger charge is -2.14. The van der Waals surface area contributed by atoms with Crippen LogP contribution >= 0.6 is 11.5 Å². The van der Waals surface area contributed by atoms with Gasteiger partial charge < -0.3 is 5.11 Å². The Morgan fingerprint density at radius 3 is 2.68 bits per heavy atom. The number of carbonyl (C=O) groups is 1. The van der Waals surface area contributed by atoms with Gasteiger partial charge in [0.25, 0.3) is 10.0 Å². The summed E-state index contributed by atoms with van der Waals surface area (Å²) in [7, 11) is -3.71. The lowest BCUT2D eigenvalue weighted by Crippen LogP contribution is -2.14. The quantitative estimate of drug-likeness (QED) is 0.843. The normalized spacial score (nSPS) is 11.6. The molecule has 1 heterocycles. The molecule has 22 heavy (non-hydrogen) atoms. The van der Waals surface area contributed by atoms with E-state index in [-0.39, 0.29) is 16.4 Å². The maximum Gasteiger partial charge on any atom is 0.335 e. The van der Waals surface area contributed by atoms with E-state index in [2.05, 4.69) is 9.10 Å². The van der Waals surface area contributed by atoms with Crippen molar-refractivity contribution in [1.29, 1.82) is 0 Å². The van der Waals surface area contributed by atoms with E-state index in [0.29, 0.717) is 17.7 Å². The zero-order chi connectivity index (χ0) is 16.3. The highest BCUT2D eigenvalue weighted by atomic mass is 32.2. The van der Waals surface area contributed by atoms with Crippen molar-refractivity contribution in [3.05, 3.63) is 40.9 Å². The van der Waals surface area contributed by atoms with Crippen LogP contribution in [0.15, 0.2) is 34.7 Å². The molecule has 0 aliphatic heterocycles. The van der Waals surface area contributed by atoms with Crippen molar-refractivity contribution in [1.82, 2.24) is 4.37 Å². The average Bonchev–Trinajstić information content (AvgIpc) is 2.94. The van der Waals surface area contributed by atoms with E-state index in [4.69, 9.17) is 5.11 Å². The summed E-state index contributed by atoms with van der Waals surface area (Å²) in [5.41, 5.74) is 1.18. The van der Waals surface area contributed by atoms with Gasteiger partial charge in [-0.25, -0.2) is 13.2 Å². The van der Waals surface area contributed by atoms with Gasteiger partial charge in [0.2, 0.25) is 0 Å². The minimum atomic E-state index is -3.71. The molecule has 6 nitrogen and oxygen atoms in total. The Labute approximate surface area is 133 Å². The molecule has 2 aromatic rings. The summed E-state index contributed by atoms with van der Waals surface area (Å²) < 4.78 is 30.8. The van der Waals surface area contributed by atoms with Crippen LogP contribution in [0, 0.1) is 5.92 Å². The van der Waals surface area contributed by atoms with Gasteiger partial charge in [-0.3, -0.25) is 4.72 Å². The van der Waals surface area contributed by atoms with Crippen molar-refractivity contribution in [2.24, 2.45) is 5.92 Å². The third kappa shape index (κ3) is 3.83.